The molecule has 0 radical (unpaired) electrons. The number of para-hydroxylation sites is 1. The summed E-state index contributed by atoms with van der Waals surface area (Å²) in [7, 11) is -1.76. The molecule has 1 unspecified atom stereocenters. The molecule has 12 nitrogen and oxygen atoms in total. The molecule has 264 valence electrons. The number of rotatable bonds is 8. The average Bonchev–Trinajstić information content (AvgIpc) is 3.34. The van der Waals surface area contributed by atoms with Gasteiger partial charge in [-0.1, -0.05) is 18.2 Å². The zero-order chi connectivity index (χ0) is 36.5. The number of aliphatic carboxylic acids is 2. The van der Waals surface area contributed by atoms with Gasteiger partial charge in [0.15, 0.2) is 9.84 Å². The predicted octanol–water partition coefficient (Wildman–Crippen LogP) is 4.38. The molecule has 4 rings (SSSR count). The lowest BCUT2D eigenvalue weighted by Crippen LogP contribution is -2.38. The van der Waals surface area contributed by atoms with Crippen LogP contribution in [0.4, 0.5) is 26.3 Å². The molecule has 1 aromatic heterocycles. The minimum atomic E-state index is -5.08. The molecule has 1 atom stereocenters. The number of ether oxygens (including phenoxy) is 1. The molecule has 19 heteroatoms. The molecule has 1 amide bonds. The number of amides is 1. The van der Waals surface area contributed by atoms with Gasteiger partial charge in [-0.2, -0.15) is 26.3 Å². The summed E-state index contributed by atoms with van der Waals surface area (Å²) in [5, 5.41) is 24.2. The molecule has 1 aliphatic heterocycles. The third kappa shape index (κ3) is 11.9. The number of halogens is 6. The first-order valence-corrected chi connectivity index (χ1v) is 15.3. The Labute approximate surface area is 269 Å². The number of likely N-dealkylation sites (tertiary alicyclic amines) is 1. The summed E-state index contributed by atoms with van der Waals surface area (Å²) in [6.45, 7) is 3.45. The maximum Gasteiger partial charge on any atom is 0.490 e. The van der Waals surface area contributed by atoms with Crippen LogP contribution in [0.3, 0.4) is 0 Å². The number of carboxylic acid groups (broad SMARTS) is 2. The van der Waals surface area contributed by atoms with Gasteiger partial charge in [0.25, 0.3) is 0 Å². The van der Waals surface area contributed by atoms with Crippen LogP contribution in [-0.4, -0.2) is 89.8 Å². The molecule has 1 fully saturated rings. The van der Waals surface area contributed by atoms with Gasteiger partial charge in [-0.25, -0.2) is 23.5 Å². The standard InChI is InChI=1S/C25H29N3O5S.2C2HF3O2/c1-18-13-19(22-5-3-4-6-23(22)26-18)15-33-20-7-9-21(10-8-20)34(31,32)17-25(14-24(29)27-30)11-12-28(2)16-25;2*3-2(4,5)1(6)7/h3-10,13,30H,11-12,14-17H2,1-2H3,(H,27,29);2*(H,6,7). The molecular weight excluding hydrogens is 680 g/mol. The second-order valence-corrected chi connectivity index (χ2v) is 12.8. The minimum Gasteiger partial charge on any atom is -0.489 e. The Kier molecular flexibility index (Phi) is 13.3. The van der Waals surface area contributed by atoms with Gasteiger partial charge in [0, 0.05) is 35.0 Å². The van der Waals surface area contributed by atoms with E-state index in [1.807, 2.05) is 49.2 Å². The van der Waals surface area contributed by atoms with Crippen LogP contribution in [0.5, 0.6) is 5.75 Å². The van der Waals surface area contributed by atoms with E-state index in [4.69, 9.17) is 29.7 Å². The Hall–Kier alpha value is -4.49. The van der Waals surface area contributed by atoms with E-state index in [1.54, 1.807) is 29.7 Å². The number of aryl methyl sites for hydroxylation is 1. The summed E-state index contributed by atoms with van der Waals surface area (Å²) in [4.78, 5) is 36.4. The number of nitrogens with zero attached hydrogens (tertiary/aromatic N) is 2. The highest BCUT2D eigenvalue weighted by atomic mass is 32.2. The van der Waals surface area contributed by atoms with Gasteiger partial charge in [0.1, 0.15) is 12.4 Å². The number of carboxylic acids is 2. The quantitative estimate of drug-likeness (QED) is 0.148. The molecule has 48 heavy (non-hydrogen) atoms. The van der Waals surface area contributed by atoms with Crippen LogP contribution < -0.4 is 10.2 Å². The number of alkyl halides is 6. The van der Waals surface area contributed by atoms with Crippen molar-refractivity contribution in [3.05, 3.63) is 65.9 Å². The zero-order valence-corrected chi connectivity index (χ0v) is 26.1. The molecular formula is C29H31F6N3O9S. The summed E-state index contributed by atoms with van der Waals surface area (Å²) >= 11 is 0. The predicted molar refractivity (Wildman–Crippen MR) is 156 cm³/mol. The first-order chi connectivity index (χ1) is 22.1. The van der Waals surface area contributed by atoms with E-state index in [2.05, 4.69) is 4.98 Å². The first kappa shape index (κ1) is 39.7. The van der Waals surface area contributed by atoms with E-state index in [9.17, 15) is 39.6 Å². The Balaban J connectivity index is 0.000000479. The van der Waals surface area contributed by atoms with Crippen molar-refractivity contribution in [3.8, 4) is 5.75 Å². The Morgan fingerprint density at radius 2 is 1.52 bits per heavy atom. The number of sulfone groups is 1. The SMILES string of the molecule is Cc1cc(COc2ccc(S(=O)(=O)CC3(CC(=O)NO)CCN(C)C3)cc2)c2ccccc2n1.O=C(O)C(F)(F)F.O=C(O)C(F)(F)F. The summed E-state index contributed by atoms with van der Waals surface area (Å²) < 4.78 is 95.8. The molecule has 0 spiro atoms. The molecule has 1 saturated heterocycles. The minimum absolute atomic E-state index is 0.0480. The molecule has 2 heterocycles. The number of fused-ring (bicyclic) bond motifs is 1. The van der Waals surface area contributed by atoms with E-state index >= 15 is 0 Å². The highest BCUT2D eigenvalue weighted by Crippen LogP contribution is 2.37. The number of aromatic nitrogens is 1. The van der Waals surface area contributed by atoms with Gasteiger partial charge in [-0.15, -0.1) is 0 Å². The lowest BCUT2D eigenvalue weighted by atomic mass is 9.85. The molecule has 2 aromatic carbocycles. The first-order valence-electron chi connectivity index (χ1n) is 13.6. The van der Waals surface area contributed by atoms with Gasteiger partial charge in [-0.3, -0.25) is 15.0 Å². The number of hydrogen-bond donors (Lipinski definition) is 4. The number of carbonyl (C=O) groups is 3. The molecule has 3 aromatic rings. The van der Waals surface area contributed by atoms with E-state index in [0.717, 1.165) is 22.2 Å². The van der Waals surface area contributed by atoms with Crippen LogP contribution in [-0.2, 0) is 30.8 Å². The lowest BCUT2D eigenvalue weighted by Gasteiger charge is -2.27. The van der Waals surface area contributed by atoms with Crippen molar-refractivity contribution in [1.29, 1.82) is 0 Å². The second kappa shape index (κ2) is 16.1. The monoisotopic (exact) mass is 711 g/mol. The van der Waals surface area contributed by atoms with Gasteiger partial charge >= 0.3 is 24.3 Å². The van der Waals surface area contributed by atoms with Gasteiger partial charge in [-0.05, 0) is 63.3 Å². The third-order valence-electron chi connectivity index (χ3n) is 6.78. The van der Waals surface area contributed by atoms with E-state index < -0.39 is 45.5 Å². The van der Waals surface area contributed by atoms with Crippen LogP contribution in [0.15, 0.2) is 59.5 Å². The van der Waals surface area contributed by atoms with Gasteiger partial charge < -0.3 is 19.8 Å². The number of benzene rings is 2. The van der Waals surface area contributed by atoms with Crippen molar-refractivity contribution < 1.29 is 69.3 Å². The zero-order valence-electron chi connectivity index (χ0n) is 25.3. The van der Waals surface area contributed by atoms with E-state index in [-0.39, 0.29) is 17.1 Å². The molecule has 0 aliphatic carbocycles. The highest BCUT2D eigenvalue weighted by Gasteiger charge is 2.43. The summed E-state index contributed by atoms with van der Waals surface area (Å²) in [6, 6.07) is 16.2. The fourth-order valence-electron chi connectivity index (χ4n) is 4.76. The number of pyridine rings is 1. The molecule has 0 saturated carbocycles. The average molecular weight is 712 g/mol. The van der Waals surface area contributed by atoms with Gasteiger partial charge in [0.05, 0.1) is 16.2 Å². The summed E-state index contributed by atoms with van der Waals surface area (Å²) in [5.74, 6) is -5.69. The Morgan fingerprint density at radius 3 is 2.00 bits per heavy atom. The molecule has 4 N–H and O–H groups in total. The van der Waals surface area contributed by atoms with Crippen molar-refractivity contribution in [2.24, 2.45) is 5.41 Å². The number of nitrogens with one attached hydrogen (secondary N) is 1. The normalized spacial score (nSPS) is 16.6. The lowest BCUT2D eigenvalue weighted by molar-refractivity contribution is -0.193. The largest absolute Gasteiger partial charge is 0.490 e. The van der Waals surface area contributed by atoms with E-state index in [1.165, 1.54) is 0 Å². The van der Waals surface area contributed by atoms with Crippen LogP contribution in [0.1, 0.15) is 24.1 Å². The maximum atomic E-state index is 13.2. The highest BCUT2D eigenvalue weighted by molar-refractivity contribution is 7.91. The fourth-order valence-corrected chi connectivity index (χ4v) is 6.62. The fraction of sp³-hybridized carbons (Fsp3) is 0.379. The van der Waals surface area contributed by atoms with Gasteiger partial charge in [0.2, 0.25) is 5.91 Å². The Bertz CT molecular complexity index is 1680. The van der Waals surface area contributed by atoms with Crippen molar-refractivity contribution >= 4 is 38.6 Å². The van der Waals surface area contributed by atoms with Crippen LogP contribution in [0.25, 0.3) is 10.9 Å². The van der Waals surface area contributed by atoms with Crippen LogP contribution >= 0.6 is 0 Å². The number of hydroxylamine groups is 1. The van der Waals surface area contributed by atoms with E-state index in [0.29, 0.717) is 31.9 Å². The van der Waals surface area contributed by atoms with Crippen LogP contribution in [0, 0.1) is 12.3 Å². The molecule has 1 aliphatic rings. The van der Waals surface area contributed by atoms with Crippen molar-refractivity contribution in [2.45, 2.75) is 43.6 Å². The number of carbonyl (C=O) groups excluding carboxylic acids is 1. The smallest absolute Gasteiger partial charge is 0.489 e. The summed E-state index contributed by atoms with van der Waals surface area (Å²) in [5.41, 5.74) is 3.71. The Morgan fingerprint density at radius 1 is 0.979 bits per heavy atom. The second-order valence-electron chi connectivity index (χ2n) is 10.8. The van der Waals surface area contributed by atoms with Crippen molar-refractivity contribution in [2.75, 3.05) is 25.9 Å². The van der Waals surface area contributed by atoms with Crippen molar-refractivity contribution in [1.82, 2.24) is 15.4 Å². The molecule has 0 bridgehead atoms. The number of hydrogen-bond acceptors (Lipinski definition) is 9. The van der Waals surface area contributed by atoms with Crippen molar-refractivity contribution in [3.63, 3.8) is 0 Å². The maximum absolute atomic E-state index is 13.2. The third-order valence-corrected chi connectivity index (χ3v) is 8.76. The summed E-state index contributed by atoms with van der Waals surface area (Å²) in [6.07, 6.45) is -9.65. The topological polar surface area (TPSA) is 183 Å². The van der Waals surface area contributed by atoms with Crippen LogP contribution in [0.2, 0.25) is 0 Å².